The summed E-state index contributed by atoms with van der Waals surface area (Å²) in [5.41, 5.74) is -2.01. The van der Waals surface area contributed by atoms with E-state index in [1.54, 1.807) is 30.3 Å². The molecule has 3 aromatic carbocycles. The number of amides is 1. The largest absolute Gasteiger partial charge is 0.493 e. The molecular formula is C28H20F3N5O6. The predicted molar refractivity (Wildman–Crippen MR) is 144 cm³/mol. The van der Waals surface area contributed by atoms with Gasteiger partial charge >= 0.3 is 6.18 Å². The van der Waals surface area contributed by atoms with Crippen LogP contribution in [-0.4, -0.2) is 39.6 Å². The van der Waals surface area contributed by atoms with Crippen LogP contribution in [-0.2, 0) is 6.18 Å². The molecule has 0 fully saturated rings. The average Bonchev–Trinajstić information content (AvgIpc) is 3.40. The van der Waals surface area contributed by atoms with E-state index in [1.165, 1.54) is 44.6 Å². The molecule has 0 bridgehead atoms. The normalized spacial score (nSPS) is 11.3. The number of carbonyl (C=O) groups is 1. The number of anilines is 1. The lowest BCUT2D eigenvalue weighted by atomic mass is 10.1. The van der Waals surface area contributed by atoms with Crippen LogP contribution >= 0.6 is 0 Å². The Morgan fingerprint density at radius 1 is 0.929 bits per heavy atom. The summed E-state index contributed by atoms with van der Waals surface area (Å²) in [5.74, 6) is 0.187. The smallest absolute Gasteiger partial charge is 0.433 e. The molecule has 5 aromatic rings. The summed E-state index contributed by atoms with van der Waals surface area (Å²) in [6, 6.07) is 18.4. The van der Waals surface area contributed by atoms with E-state index in [2.05, 4.69) is 15.4 Å². The molecule has 42 heavy (non-hydrogen) atoms. The van der Waals surface area contributed by atoms with Crippen molar-refractivity contribution < 1.29 is 37.1 Å². The van der Waals surface area contributed by atoms with Gasteiger partial charge in [-0.25, -0.2) is 9.50 Å². The Morgan fingerprint density at radius 2 is 1.67 bits per heavy atom. The van der Waals surface area contributed by atoms with Gasteiger partial charge in [0.15, 0.2) is 28.5 Å². The first-order valence-corrected chi connectivity index (χ1v) is 12.1. The van der Waals surface area contributed by atoms with E-state index in [4.69, 9.17) is 14.2 Å². The molecule has 0 radical (unpaired) electrons. The molecule has 1 amide bonds. The monoisotopic (exact) mass is 579 g/mol. The quantitative estimate of drug-likeness (QED) is 0.165. The number of hydrogen-bond acceptors (Lipinski definition) is 8. The van der Waals surface area contributed by atoms with Crippen LogP contribution in [0.2, 0.25) is 0 Å². The van der Waals surface area contributed by atoms with Gasteiger partial charge in [-0.1, -0.05) is 18.2 Å². The van der Waals surface area contributed by atoms with Crippen molar-refractivity contribution in [3.8, 4) is 34.3 Å². The summed E-state index contributed by atoms with van der Waals surface area (Å²) in [5, 5.41) is 17.7. The first-order chi connectivity index (χ1) is 20.0. The number of para-hydroxylation sites is 1. The maximum absolute atomic E-state index is 14.1. The molecule has 0 atom stereocenters. The molecule has 11 nitrogen and oxygen atoms in total. The number of carbonyl (C=O) groups excluding carboxylic acids is 1. The Morgan fingerprint density at radius 3 is 2.33 bits per heavy atom. The van der Waals surface area contributed by atoms with Crippen LogP contribution < -0.4 is 19.5 Å². The molecule has 0 saturated carbocycles. The number of ether oxygens (including phenoxy) is 3. The van der Waals surface area contributed by atoms with Crippen LogP contribution in [0.1, 0.15) is 16.2 Å². The van der Waals surface area contributed by atoms with E-state index in [-0.39, 0.29) is 34.2 Å². The van der Waals surface area contributed by atoms with Gasteiger partial charge in [0, 0.05) is 23.8 Å². The van der Waals surface area contributed by atoms with Gasteiger partial charge in [0.1, 0.15) is 11.5 Å². The van der Waals surface area contributed by atoms with Gasteiger partial charge in [-0.3, -0.25) is 14.9 Å². The maximum Gasteiger partial charge on any atom is 0.433 e. The summed E-state index contributed by atoms with van der Waals surface area (Å²) < 4.78 is 58.8. The van der Waals surface area contributed by atoms with Crippen molar-refractivity contribution in [1.29, 1.82) is 0 Å². The number of alkyl halides is 3. The number of methoxy groups -OCH3 is 2. The molecule has 0 aliphatic rings. The number of benzene rings is 3. The number of rotatable bonds is 8. The van der Waals surface area contributed by atoms with Crippen LogP contribution in [0.3, 0.4) is 0 Å². The summed E-state index contributed by atoms with van der Waals surface area (Å²) >= 11 is 0. The molecule has 14 heteroatoms. The highest BCUT2D eigenvalue weighted by Gasteiger charge is 2.36. The first-order valence-electron chi connectivity index (χ1n) is 12.1. The number of nitrogens with one attached hydrogen (secondary N) is 1. The molecule has 2 aromatic heterocycles. The van der Waals surface area contributed by atoms with E-state index in [9.17, 15) is 28.1 Å². The van der Waals surface area contributed by atoms with Gasteiger partial charge in [-0.15, -0.1) is 0 Å². The highest BCUT2D eigenvalue weighted by molar-refractivity contribution is 6.03. The lowest BCUT2D eigenvalue weighted by Gasteiger charge is -2.12. The zero-order valence-corrected chi connectivity index (χ0v) is 21.9. The number of nitrogens with zero attached hydrogens (tertiary/aromatic N) is 4. The molecule has 214 valence electrons. The van der Waals surface area contributed by atoms with Gasteiger partial charge in [-0.2, -0.15) is 18.3 Å². The van der Waals surface area contributed by atoms with E-state index in [0.29, 0.717) is 21.6 Å². The molecule has 1 N–H and O–H groups in total. The zero-order valence-electron chi connectivity index (χ0n) is 21.9. The maximum atomic E-state index is 14.1. The van der Waals surface area contributed by atoms with Crippen molar-refractivity contribution >= 4 is 22.9 Å². The van der Waals surface area contributed by atoms with Crippen LogP contribution in [0.5, 0.6) is 23.0 Å². The van der Waals surface area contributed by atoms with Crippen LogP contribution in [0, 0.1) is 10.1 Å². The predicted octanol–water partition coefficient (Wildman–Crippen LogP) is 6.39. The van der Waals surface area contributed by atoms with E-state index < -0.39 is 28.4 Å². The fourth-order valence-corrected chi connectivity index (χ4v) is 4.07. The number of fused-ring (bicyclic) bond motifs is 1. The Balaban J connectivity index is 1.51. The van der Waals surface area contributed by atoms with E-state index >= 15 is 0 Å². The van der Waals surface area contributed by atoms with E-state index in [1.807, 2.05) is 0 Å². The Kier molecular flexibility index (Phi) is 7.35. The Hall–Kier alpha value is -5.66. The molecule has 5 rings (SSSR count). The van der Waals surface area contributed by atoms with Crippen molar-refractivity contribution in [3.05, 3.63) is 100 Å². The molecular weight excluding hydrogens is 559 g/mol. The van der Waals surface area contributed by atoms with Gasteiger partial charge in [0.05, 0.1) is 36.6 Å². The highest BCUT2D eigenvalue weighted by Crippen LogP contribution is 2.36. The summed E-state index contributed by atoms with van der Waals surface area (Å²) in [6.45, 7) is 0. The zero-order chi connectivity index (χ0) is 30.0. The lowest BCUT2D eigenvalue weighted by molar-refractivity contribution is -0.384. The summed E-state index contributed by atoms with van der Waals surface area (Å²) in [7, 11) is 2.81. The average molecular weight is 579 g/mol. The van der Waals surface area contributed by atoms with Gasteiger partial charge in [0.2, 0.25) is 0 Å². The number of nitro groups is 1. The second-order valence-electron chi connectivity index (χ2n) is 8.74. The summed E-state index contributed by atoms with van der Waals surface area (Å²) in [4.78, 5) is 28.1. The molecule has 0 aliphatic carbocycles. The minimum atomic E-state index is -4.85. The minimum Gasteiger partial charge on any atom is -0.493 e. The van der Waals surface area contributed by atoms with Crippen molar-refractivity contribution in [2.45, 2.75) is 6.18 Å². The fourth-order valence-electron chi connectivity index (χ4n) is 4.07. The SMILES string of the molecule is COc1ccc(-c2cc(C(F)(F)F)n3nc(C(=O)Nc4cc(Oc5ccccc5)cc([N+](=O)[O-])c4)cc3n2)cc1OC. The second kappa shape index (κ2) is 11.1. The number of nitro benzene ring substituents is 1. The number of halogens is 3. The number of hydrogen-bond donors (Lipinski definition) is 1. The van der Waals surface area contributed by atoms with Gasteiger partial charge in [0.25, 0.3) is 11.6 Å². The fraction of sp³-hybridized carbons (Fsp3) is 0.107. The number of aromatic nitrogens is 3. The third kappa shape index (κ3) is 5.77. The molecule has 0 saturated heterocycles. The molecule has 0 unspecified atom stereocenters. The summed E-state index contributed by atoms with van der Waals surface area (Å²) in [6.07, 6.45) is -4.85. The third-order valence-corrected chi connectivity index (χ3v) is 5.97. The first kappa shape index (κ1) is 27.9. The third-order valence-electron chi connectivity index (χ3n) is 5.97. The standard InChI is InChI=1S/C28H20F3N5O6/c1-40-23-9-8-16(10-24(23)41-2)21-14-25(28(29,30)31)35-26(33-21)15-22(34-35)27(37)32-17-11-18(36(38)39)13-20(12-17)42-19-6-4-3-5-7-19/h3-15H,1-2H3,(H,32,37). The van der Waals surface area contributed by atoms with Gasteiger partial charge in [-0.05, 0) is 36.4 Å². The number of non-ortho nitro benzene ring substituents is 1. The second-order valence-corrected chi connectivity index (χ2v) is 8.74. The Labute approximate surface area is 235 Å². The van der Waals surface area contributed by atoms with Crippen molar-refractivity contribution in [1.82, 2.24) is 14.6 Å². The highest BCUT2D eigenvalue weighted by atomic mass is 19.4. The molecule has 0 spiro atoms. The van der Waals surface area contributed by atoms with Crippen LogP contribution in [0.4, 0.5) is 24.5 Å². The van der Waals surface area contributed by atoms with E-state index in [0.717, 1.165) is 18.2 Å². The van der Waals surface area contributed by atoms with Crippen molar-refractivity contribution in [2.75, 3.05) is 19.5 Å². The molecule has 0 aliphatic heterocycles. The van der Waals surface area contributed by atoms with Crippen molar-refractivity contribution in [3.63, 3.8) is 0 Å². The van der Waals surface area contributed by atoms with Crippen LogP contribution in [0.15, 0.2) is 78.9 Å². The molecule has 2 heterocycles. The minimum absolute atomic E-state index is 0.0350. The topological polar surface area (TPSA) is 130 Å². The van der Waals surface area contributed by atoms with Crippen LogP contribution in [0.25, 0.3) is 16.9 Å². The van der Waals surface area contributed by atoms with Gasteiger partial charge < -0.3 is 19.5 Å². The lowest BCUT2D eigenvalue weighted by Crippen LogP contribution is -2.16. The Bertz CT molecular complexity index is 1810. The van der Waals surface area contributed by atoms with Crippen molar-refractivity contribution in [2.24, 2.45) is 0 Å².